The number of nitrogens with one attached hydrogen (secondary N) is 2. The van der Waals surface area contributed by atoms with Gasteiger partial charge in [-0.3, -0.25) is 10.2 Å². The van der Waals surface area contributed by atoms with E-state index in [1.807, 2.05) is 18.2 Å². The zero-order chi connectivity index (χ0) is 33.2. The first-order valence-electron chi connectivity index (χ1n) is 14.8. The second-order valence-electron chi connectivity index (χ2n) is 10.7. The zero-order valence-electron chi connectivity index (χ0n) is 25.1. The van der Waals surface area contributed by atoms with Crippen LogP contribution in [0.3, 0.4) is 0 Å². The SMILES string of the molecule is [N-]=[N+]=Nc1ccccc1C[C@]1(C(=O)NNCCc2cccc(Cl)c2)N=C(c2ccc(OCCCO)cc2)O[C@H]1c1ccc(Cl)cc1Cl. The van der Waals surface area contributed by atoms with Crippen LogP contribution in [0.4, 0.5) is 5.69 Å². The molecule has 1 amide bonds. The fourth-order valence-electron chi connectivity index (χ4n) is 5.22. The number of azide groups is 1. The molecule has 10 nitrogen and oxygen atoms in total. The Kier molecular flexibility index (Phi) is 11.6. The summed E-state index contributed by atoms with van der Waals surface area (Å²) >= 11 is 19.1. The van der Waals surface area contributed by atoms with Crippen molar-refractivity contribution in [2.24, 2.45) is 10.1 Å². The summed E-state index contributed by atoms with van der Waals surface area (Å²) in [7, 11) is 0. The second-order valence-corrected chi connectivity index (χ2v) is 12.0. The highest BCUT2D eigenvalue weighted by molar-refractivity contribution is 6.35. The molecular formula is C34H31Cl3N6O4. The summed E-state index contributed by atoms with van der Waals surface area (Å²) in [6.45, 7) is 0.793. The van der Waals surface area contributed by atoms with Gasteiger partial charge >= 0.3 is 0 Å². The number of benzene rings is 4. The van der Waals surface area contributed by atoms with Gasteiger partial charge < -0.3 is 14.6 Å². The van der Waals surface area contributed by atoms with Crippen molar-refractivity contribution in [1.82, 2.24) is 10.9 Å². The summed E-state index contributed by atoms with van der Waals surface area (Å²) in [4.78, 5) is 22.4. The molecule has 1 aliphatic heterocycles. The van der Waals surface area contributed by atoms with Crippen LogP contribution in [0.15, 0.2) is 101 Å². The molecular weight excluding hydrogens is 663 g/mol. The Morgan fingerprint density at radius 2 is 1.81 bits per heavy atom. The van der Waals surface area contributed by atoms with Gasteiger partial charge in [0, 0.05) is 62.8 Å². The summed E-state index contributed by atoms with van der Waals surface area (Å²) in [6.07, 6.45) is 0.0945. The van der Waals surface area contributed by atoms with Gasteiger partial charge in [-0.2, -0.15) is 0 Å². The molecule has 0 spiro atoms. The van der Waals surface area contributed by atoms with Gasteiger partial charge in [-0.15, -0.1) is 0 Å². The van der Waals surface area contributed by atoms with Crippen molar-refractivity contribution in [3.05, 3.63) is 139 Å². The molecule has 4 aromatic carbocycles. The van der Waals surface area contributed by atoms with Crippen LogP contribution in [0.5, 0.6) is 5.75 Å². The first kappa shape index (κ1) is 34.1. The summed E-state index contributed by atoms with van der Waals surface area (Å²) in [6, 6.07) is 26.5. The zero-order valence-corrected chi connectivity index (χ0v) is 27.3. The van der Waals surface area contributed by atoms with Crippen molar-refractivity contribution in [3.8, 4) is 5.75 Å². The van der Waals surface area contributed by atoms with E-state index < -0.39 is 17.6 Å². The van der Waals surface area contributed by atoms with Crippen LogP contribution in [0, 0.1) is 0 Å². The Balaban J connectivity index is 1.54. The third kappa shape index (κ3) is 8.36. The first-order valence-corrected chi connectivity index (χ1v) is 15.9. The molecule has 47 heavy (non-hydrogen) atoms. The number of hydrogen-bond acceptors (Lipinski definition) is 7. The maximum Gasteiger partial charge on any atom is 0.266 e. The molecule has 242 valence electrons. The molecule has 2 atom stereocenters. The minimum Gasteiger partial charge on any atom is -0.494 e. The van der Waals surface area contributed by atoms with Crippen LogP contribution < -0.4 is 15.6 Å². The molecule has 0 aromatic heterocycles. The van der Waals surface area contributed by atoms with E-state index in [1.165, 1.54) is 0 Å². The summed E-state index contributed by atoms with van der Waals surface area (Å²) in [5.41, 5.74) is 16.5. The number of hydrazine groups is 1. The molecule has 5 rings (SSSR count). The molecule has 0 bridgehead atoms. The van der Waals surface area contributed by atoms with Gasteiger partial charge in [0.1, 0.15) is 5.75 Å². The van der Waals surface area contributed by atoms with Gasteiger partial charge in [-0.1, -0.05) is 82.4 Å². The third-order valence-electron chi connectivity index (χ3n) is 7.51. The van der Waals surface area contributed by atoms with E-state index in [0.29, 0.717) is 69.2 Å². The maximum atomic E-state index is 14.5. The van der Waals surface area contributed by atoms with E-state index in [9.17, 15) is 10.3 Å². The molecule has 0 fully saturated rings. The van der Waals surface area contributed by atoms with Crippen molar-refractivity contribution in [2.45, 2.75) is 30.9 Å². The number of carbonyl (C=O) groups is 1. The first-order chi connectivity index (χ1) is 22.8. The number of carbonyl (C=O) groups excluding carboxylic acids is 1. The van der Waals surface area contributed by atoms with Crippen molar-refractivity contribution in [2.75, 3.05) is 19.8 Å². The van der Waals surface area contributed by atoms with Gasteiger partial charge in [0.15, 0.2) is 11.6 Å². The molecule has 3 N–H and O–H groups in total. The van der Waals surface area contributed by atoms with Crippen LogP contribution >= 0.6 is 34.8 Å². The lowest BCUT2D eigenvalue weighted by atomic mass is 9.81. The molecule has 0 aliphatic carbocycles. The molecule has 0 saturated heterocycles. The molecule has 4 aromatic rings. The number of ether oxygens (including phenoxy) is 2. The number of aliphatic hydroxyl groups is 1. The van der Waals surface area contributed by atoms with Gasteiger partial charge in [-0.25, -0.2) is 10.4 Å². The van der Waals surface area contributed by atoms with E-state index >= 15 is 0 Å². The standard InChI is InChI=1S/C34H31Cl3N6O4/c35-25-7-3-5-22(19-25)15-16-39-42-33(45)34(21-24-6-1-2-8-30(24)41-43-38)31(28-14-11-26(36)20-29(28)37)47-32(40-34)23-9-12-27(13-10-23)46-18-4-17-44/h1-3,5-14,19-20,31,39,44H,4,15-18,21H2,(H,42,45)/t31-,34-/m0/s1. The highest BCUT2D eigenvalue weighted by atomic mass is 35.5. The number of amides is 1. The molecule has 1 heterocycles. The van der Waals surface area contributed by atoms with Crippen molar-refractivity contribution >= 4 is 52.3 Å². The van der Waals surface area contributed by atoms with E-state index in [2.05, 4.69) is 20.9 Å². The molecule has 13 heteroatoms. The Morgan fingerprint density at radius 3 is 2.55 bits per heavy atom. The lowest BCUT2D eigenvalue weighted by Crippen LogP contribution is -2.54. The maximum absolute atomic E-state index is 14.5. The van der Waals surface area contributed by atoms with Gasteiger partial charge in [-0.05, 0) is 71.6 Å². The number of halogens is 3. The lowest BCUT2D eigenvalue weighted by molar-refractivity contribution is -0.130. The summed E-state index contributed by atoms with van der Waals surface area (Å²) < 4.78 is 12.2. The Labute approximate surface area is 286 Å². The smallest absolute Gasteiger partial charge is 0.266 e. The van der Waals surface area contributed by atoms with Gasteiger partial charge in [0.25, 0.3) is 5.91 Å². The minimum atomic E-state index is -1.62. The molecule has 1 aliphatic rings. The predicted octanol–water partition coefficient (Wildman–Crippen LogP) is 7.71. The highest BCUT2D eigenvalue weighted by Gasteiger charge is 2.54. The third-order valence-corrected chi connectivity index (χ3v) is 8.31. The van der Waals surface area contributed by atoms with Crippen molar-refractivity contribution < 1.29 is 19.4 Å². The summed E-state index contributed by atoms with van der Waals surface area (Å²) in [5.74, 6) is 0.321. The van der Waals surface area contributed by atoms with Crippen molar-refractivity contribution in [1.29, 1.82) is 0 Å². The summed E-state index contributed by atoms with van der Waals surface area (Å²) in [5, 5.41) is 14.3. The lowest BCUT2D eigenvalue weighted by Gasteiger charge is -2.31. The quantitative estimate of drug-likeness (QED) is 0.0408. The van der Waals surface area contributed by atoms with Crippen LogP contribution in [0.1, 0.15) is 34.8 Å². The van der Waals surface area contributed by atoms with Gasteiger partial charge in [0.2, 0.25) is 5.90 Å². The number of hydrogen-bond donors (Lipinski definition) is 3. The topological polar surface area (TPSA) is 141 Å². The largest absolute Gasteiger partial charge is 0.494 e. The highest BCUT2D eigenvalue weighted by Crippen LogP contribution is 2.46. The fourth-order valence-corrected chi connectivity index (χ4v) is 5.94. The second kappa shape index (κ2) is 16.0. The Morgan fingerprint density at radius 1 is 1.02 bits per heavy atom. The van der Waals surface area contributed by atoms with Crippen LogP contribution in [0.25, 0.3) is 10.4 Å². The average Bonchev–Trinajstić information content (AvgIpc) is 3.44. The number of nitrogens with zero attached hydrogens (tertiary/aromatic N) is 4. The molecule has 0 saturated carbocycles. The average molecular weight is 694 g/mol. The predicted molar refractivity (Wildman–Crippen MR) is 183 cm³/mol. The van der Waals surface area contributed by atoms with Crippen molar-refractivity contribution in [3.63, 3.8) is 0 Å². The molecule has 0 unspecified atom stereocenters. The number of rotatable bonds is 14. The molecule has 0 radical (unpaired) electrons. The van der Waals surface area contributed by atoms with Crippen LogP contribution in [-0.2, 0) is 22.4 Å². The van der Waals surface area contributed by atoms with Crippen LogP contribution in [0.2, 0.25) is 15.1 Å². The normalized spacial score (nSPS) is 16.9. The van der Waals surface area contributed by atoms with Crippen LogP contribution in [-0.4, -0.2) is 42.2 Å². The van der Waals surface area contributed by atoms with Gasteiger partial charge in [0.05, 0.1) is 6.61 Å². The number of aliphatic hydroxyl groups excluding tert-OH is 1. The Hall–Kier alpha value is -4.28. The Bertz CT molecular complexity index is 1800. The number of aliphatic imine (C=N–C) groups is 1. The monoisotopic (exact) mass is 692 g/mol. The minimum absolute atomic E-state index is 0.000520. The van der Waals surface area contributed by atoms with E-state index in [0.717, 1.165) is 5.56 Å². The van der Waals surface area contributed by atoms with E-state index in [-0.39, 0.29) is 18.9 Å². The van der Waals surface area contributed by atoms with E-state index in [1.54, 1.807) is 72.8 Å². The fraction of sp³-hybridized carbons (Fsp3) is 0.235. The van der Waals surface area contributed by atoms with E-state index in [4.69, 9.17) is 54.4 Å².